The Kier molecular flexibility index (Phi) is 6.16. The number of nitrogen functional groups attached to an aromatic ring is 1. The second-order valence-corrected chi connectivity index (χ2v) is 5.85. The van der Waals surface area contributed by atoms with Gasteiger partial charge in [-0.15, -0.1) is 0 Å². The maximum atomic E-state index is 5.99. The van der Waals surface area contributed by atoms with Crippen LogP contribution in [0.3, 0.4) is 0 Å². The van der Waals surface area contributed by atoms with E-state index in [-0.39, 0.29) is 0 Å². The van der Waals surface area contributed by atoms with Crippen molar-refractivity contribution in [2.24, 2.45) is 17.8 Å². The molecule has 0 aliphatic rings. The average Bonchev–Trinajstić information content (AvgIpc) is 2.35. The minimum atomic E-state index is 0.687. The number of methoxy groups -OCH3 is 1. The van der Waals surface area contributed by atoms with Gasteiger partial charge in [-0.1, -0.05) is 27.7 Å². The maximum Gasteiger partial charge on any atom is 0.119 e. The van der Waals surface area contributed by atoms with Crippen LogP contribution in [-0.2, 0) is 6.54 Å². The monoisotopic (exact) mass is 264 g/mol. The van der Waals surface area contributed by atoms with E-state index in [0.717, 1.165) is 30.1 Å². The minimum absolute atomic E-state index is 0.687. The van der Waals surface area contributed by atoms with E-state index in [1.807, 2.05) is 18.2 Å². The molecule has 0 spiro atoms. The predicted octanol–water partition coefficient (Wildman–Crippen LogP) is 3.30. The van der Waals surface area contributed by atoms with Crippen LogP contribution in [0.25, 0.3) is 0 Å². The highest BCUT2D eigenvalue weighted by Crippen LogP contribution is 2.21. The number of rotatable bonds is 7. The van der Waals surface area contributed by atoms with E-state index in [9.17, 15) is 0 Å². The number of nitrogens with two attached hydrogens (primary N) is 1. The standard InChI is InChI=1S/C16H28N2O/c1-11(2)15(12(3)4)10-18-9-13-8-14(19-5)6-7-16(13)17/h6-8,11-12,15,18H,9-10,17H2,1-5H3. The van der Waals surface area contributed by atoms with Crippen molar-refractivity contribution in [3.05, 3.63) is 23.8 Å². The van der Waals surface area contributed by atoms with Crippen LogP contribution in [0.4, 0.5) is 5.69 Å². The Hall–Kier alpha value is -1.22. The molecule has 0 atom stereocenters. The van der Waals surface area contributed by atoms with Gasteiger partial charge in [-0.05, 0) is 48.1 Å². The molecule has 108 valence electrons. The zero-order valence-electron chi connectivity index (χ0n) is 12.9. The Bertz CT molecular complexity index is 380. The van der Waals surface area contributed by atoms with Gasteiger partial charge >= 0.3 is 0 Å². The van der Waals surface area contributed by atoms with Crippen LogP contribution in [-0.4, -0.2) is 13.7 Å². The molecule has 19 heavy (non-hydrogen) atoms. The fraction of sp³-hybridized carbons (Fsp3) is 0.625. The molecule has 0 amide bonds. The van der Waals surface area contributed by atoms with Crippen molar-refractivity contribution in [3.8, 4) is 5.75 Å². The van der Waals surface area contributed by atoms with Gasteiger partial charge < -0.3 is 15.8 Å². The molecule has 0 unspecified atom stereocenters. The van der Waals surface area contributed by atoms with Gasteiger partial charge in [0.2, 0.25) is 0 Å². The molecule has 0 saturated heterocycles. The van der Waals surface area contributed by atoms with Crippen molar-refractivity contribution >= 4 is 5.69 Å². The van der Waals surface area contributed by atoms with E-state index in [0.29, 0.717) is 17.8 Å². The van der Waals surface area contributed by atoms with Crippen LogP contribution in [0.2, 0.25) is 0 Å². The summed E-state index contributed by atoms with van der Waals surface area (Å²) >= 11 is 0. The maximum absolute atomic E-state index is 5.99. The summed E-state index contributed by atoms with van der Waals surface area (Å²) in [5.41, 5.74) is 7.91. The van der Waals surface area contributed by atoms with Crippen molar-refractivity contribution in [2.75, 3.05) is 19.4 Å². The topological polar surface area (TPSA) is 47.3 Å². The molecule has 0 heterocycles. The second kappa shape index (κ2) is 7.39. The Balaban J connectivity index is 2.57. The van der Waals surface area contributed by atoms with Gasteiger partial charge in [0.25, 0.3) is 0 Å². The van der Waals surface area contributed by atoms with Gasteiger partial charge in [0.15, 0.2) is 0 Å². The molecule has 0 saturated carbocycles. The van der Waals surface area contributed by atoms with Gasteiger partial charge in [0.05, 0.1) is 7.11 Å². The molecule has 0 bridgehead atoms. The summed E-state index contributed by atoms with van der Waals surface area (Å²) in [6.45, 7) is 10.9. The lowest BCUT2D eigenvalue weighted by molar-refractivity contribution is 0.275. The van der Waals surface area contributed by atoms with E-state index in [1.165, 1.54) is 0 Å². The molecular formula is C16H28N2O. The lowest BCUT2D eigenvalue weighted by atomic mass is 9.85. The summed E-state index contributed by atoms with van der Waals surface area (Å²) in [5, 5.41) is 3.52. The van der Waals surface area contributed by atoms with Gasteiger partial charge in [-0.2, -0.15) is 0 Å². The Morgan fingerprint density at radius 2 is 1.79 bits per heavy atom. The molecule has 1 aromatic rings. The van der Waals surface area contributed by atoms with Crippen molar-refractivity contribution < 1.29 is 4.74 Å². The fourth-order valence-electron chi connectivity index (χ4n) is 2.48. The summed E-state index contributed by atoms with van der Waals surface area (Å²) < 4.78 is 5.23. The molecule has 0 aliphatic heterocycles. The molecule has 3 N–H and O–H groups in total. The van der Waals surface area contributed by atoms with Crippen molar-refractivity contribution in [3.63, 3.8) is 0 Å². The highest BCUT2D eigenvalue weighted by Gasteiger charge is 2.16. The number of ether oxygens (including phenoxy) is 1. The number of hydrogen-bond acceptors (Lipinski definition) is 3. The number of hydrogen-bond donors (Lipinski definition) is 2. The molecule has 0 fully saturated rings. The first kappa shape index (κ1) is 15.8. The third kappa shape index (κ3) is 4.75. The normalized spacial score (nSPS) is 11.6. The third-order valence-electron chi connectivity index (χ3n) is 3.76. The van der Waals surface area contributed by atoms with Crippen molar-refractivity contribution in [1.29, 1.82) is 0 Å². The minimum Gasteiger partial charge on any atom is -0.497 e. The van der Waals surface area contributed by atoms with Crippen LogP contribution >= 0.6 is 0 Å². The zero-order chi connectivity index (χ0) is 14.4. The van der Waals surface area contributed by atoms with Gasteiger partial charge in [0, 0.05) is 12.2 Å². The van der Waals surface area contributed by atoms with Gasteiger partial charge in [0.1, 0.15) is 5.75 Å². The van der Waals surface area contributed by atoms with Crippen molar-refractivity contribution in [2.45, 2.75) is 34.2 Å². The molecule has 0 radical (unpaired) electrons. The second-order valence-electron chi connectivity index (χ2n) is 5.85. The van der Waals surface area contributed by atoms with Crippen LogP contribution in [0, 0.1) is 17.8 Å². The zero-order valence-corrected chi connectivity index (χ0v) is 12.9. The van der Waals surface area contributed by atoms with E-state index in [1.54, 1.807) is 7.11 Å². The van der Waals surface area contributed by atoms with Crippen LogP contribution < -0.4 is 15.8 Å². The number of anilines is 1. The van der Waals surface area contributed by atoms with E-state index in [4.69, 9.17) is 10.5 Å². The fourth-order valence-corrected chi connectivity index (χ4v) is 2.48. The first-order chi connectivity index (χ1) is 8.95. The largest absolute Gasteiger partial charge is 0.497 e. The highest BCUT2D eigenvalue weighted by atomic mass is 16.5. The Labute approximate surface area is 117 Å². The lowest BCUT2D eigenvalue weighted by Crippen LogP contribution is -2.29. The molecule has 0 aromatic heterocycles. The summed E-state index contributed by atoms with van der Waals surface area (Å²) in [7, 11) is 1.68. The van der Waals surface area contributed by atoms with Gasteiger partial charge in [-0.3, -0.25) is 0 Å². The lowest BCUT2D eigenvalue weighted by Gasteiger charge is -2.25. The van der Waals surface area contributed by atoms with Gasteiger partial charge in [-0.25, -0.2) is 0 Å². The summed E-state index contributed by atoms with van der Waals surface area (Å²) in [4.78, 5) is 0. The molecule has 1 rings (SSSR count). The van der Waals surface area contributed by atoms with Crippen molar-refractivity contribution in [1.82, 2.24) is 5.32 Å². The van der Waals surface area contributed by atoms with Crippen LogP contribution in [0.5, 0.6) is 5.75 Å². The third-order valence-corrected chi connectivity index (χ3v) is 3.76. The number of benzene rings is 1. The molecular weight excluding hydrogens is 236 g/mol. The molecule has 3 heteroatoms. The predicted molar refractivity (Wildman–Crippen MR) is 82.3 cm³/mol. The van der Waals surface area contributed by atoms with Crippen LogP contribution in [0.1, 0.15) is 33.3 Å². The molecule has 3 nitrogen and oxygen atoms in total. The Morgan fingerprint density at radius 1 is 1.16 bits per heavy atom. The Morgan fingerprint density at radius 3 is 2.32 bits per heavy atom. The van der Waals surface area contributed by atoms with Crippen LogP contribution in [0.15, 0.2) is 18.2 Å². The number of nitrogens with one attached hydrogen (secondary N) is 1. The first-order valence-corrected chi connectivity index (χ1v) is 7.08. The first-order valence-electron chi connectivity index (χ1n) is 7.08. The quantitative estimate of drug-likeness (QED) is 0.743. The summed E-state index contributed by atoms with van der Waals surface area (Å²) in [6.07, 6.45) is 0. The highest BCUT2D eigenvalue weighted by molar-refractivity contribution is 5.50. The average molecular weight is 264 g/mol. The summed E-state index contributed by atoms with van der Waals surface area (Å²) in [6, 6.07) is 5.80. The molecule has 1 aromatic carbocycles. The van der Waals surface area contributed by atoms with E-state index in [2.05, 4.69) is 33.0 Å². The SMILES string of the molecule is COc1ccc(N)c(CNCC(C(C)C)C(C)C)c1. The summed E-state index contributed by atoms with van der Waals surface area (Å²) in [5.74, 6) is 2.92. The van der Waals surface area contributed by atoms with E-state index < -0.39 is 0 Å². The molecule has 0 aliphatic carbocycles. The smallest absolute Gasteiger partial charge is 0.119 e. The van der Waals surface area contributed by atoms with E-state index >= 15 is 0 Å².